The van der Waals surface area contributed by atoms with E-state index >= 15 is 0 Å². The largest absolute Gasteiger partial charge is 0.493 e. The number of rotatable bonds is 8. The summed E-state index contributed by atoms with van der Waals surface area (Å²) in [5.74, 6) is 1.00. The van der Waals surface area contributed by atoms with E-state index in [1.54, 1.807) is 7.11 Å². The fourth-order valence-corrected chi connectivity index (χ4v) is 2.74. The van der Waals surface area contributed by atoms with E-state index in [4.69, 9.17) is 15.2 Å². The van der Waals surface area contributed by atoms with E-state index in [9.17, 15) is 5.11 Å². The zero-order chi connectivity index (χ0) is 14.4. The predicted molar refractivity (Wildman–Crippen MR) is 79.1 cm³/mol. The minimum absolute atomic E-state index is 0.362. The first-order valence-corrected chi connectivity index (χ1v) is 7.33. The van der Waals surface area contributed by atoms with Crippen molar-refractivity contribution >= 4 is 0 Å². The maximum Gasteiger partial charge on any atom is 0.122 e. The van der Waals surface area contributed by atoms with Gasteiger partial charge in [-0.1, -0.05) is 12.1 Å². The molecule has 0 fully saturated rings. The van der Waals surface area contributed by atoms with E-state index in [1.807, 2.05) is 6.07 Å². The molecule has 1 unspecified atom stereocenters. The molecule has 1 aromatic rings. The third kappa shape index (κ3) is 3.95. The van der Waals surface area contributed by atoms with Gasteiger partial charge in [0, 0.05) is 13.5 Å². The SMILES string of the molecule is COCC(O)(CCCN)CCc1ccc2c(c1)CCO2. The summed E-state index contributed by atoms with van der Waals surface area (Å²) >= 11 is 0. The molecule has 0 spiro atoms. The number of benzene rings is 1. The third-order valence-corrected chi connectivity index (χ3v) is 3.89. The highest BCUT2D eigenvalue weighted by Gasteiger charge is 2.26. The van der Waals surface area contributed by atoms with Crippen LogP contribution in [-0.2, 0) is 17.6 Å². The van der Waals surface area contributed by atoms with Gasteiger partial charge in [0.15, 0.2) is 0 Å². The topological polar surface area (TPSA) is 64.7 Å². The van der Waals surface area contributed by atoms with Crippen LogP contribution in [0.3, 0.4) is 0 Å². The lowest BCUT2D eigenvalue weighted by Gasteiger charge is -2.27. The molecule has 1 aliphatic heterocycles. The van der Waals surface area contributed by atoms with Gasteiger partial charge in [-0.3, -0.25) is 0 Å². The average Bonchev–Trinajstić information content (AvgIpc) is 2.91. The summed E-state index contributed by atoms with van der Waals surface area (Å²) in [6.07, 6.45) is 4.03. The number of ether oxygens (including phenoxy) is 2. The zero-order valence-corrected chi connectivity index (χ0v) is 12.2. The molecule has 20 heavy (non-hydrogen) atoms. The standard InChI is InChI=1S/C16H25NO3/c1-19-12-16(18,7-2-9-17)8-5-13-3-4-15-14(11-13)6-10-20-15/h3-4,11,18H,2,5-10,12,17H2,1H3. The van der Waals surface area contributed by atoms with Gasteiger partial charge in [-0.2, -0.15) is 0 Å². The summed E-state index contributed by atoms with van der Waals surface area (Å²) in [5, 5.41) is 10.6. The van der Waals surface area contributed by atoms with Crippen molar-refractivity contribution in [3.63, 3.8) is 0 Å². The van der Waals surface area contributed by atoms with Crippen molar-refractivity contribution in [1.82, 2.24) is 0 Å². The lowest BCUT2D eigenvalue weighted by molar-refractivity contribution is -0.0436. The van der Waals surface area contributed by atoms with Gasteiger partial charge in [0.2, 0.25) is 0 Å². The molecule has 2 rings (SSSR count). The first-order chi connectivity index (χ1) is 9.67. The van der Waals surface area contributed by atoms with Crippen LogP contribution < -0.4 is 10.5 Å². The van der Waals surface area contributed by atoms with Gasteiger partial charge in [-0.15, -0.1) is 0 Å². The summed E-state index contributed by atoms with van der Waals surface area (Å²) in [6, 6.07) is 6.31. The predicted octanol–water partition coefficient (Wildman–Crippen LogP) is 1.67. The van der Waals surface area contributed by atoms with Crippen LogP contribution in [0.15, 0.2) is 18.2 Å². The van der Waals surface area contributed by atoms with Crippen LogP contribution in [0.4, 0.5) is 0 Å². The molecule has 112 valence electrons. The number of aryl methyl sites for hydroxylation is 1. The molecule has 4 nitrogen and oxygen atoms in total. The number of hydrogen-bond acceptors (Lipinski definition) is 4. The Balaban J connectivity index is 1.94. The Morgan fingerprint density at radius 2 is 2.25 bits per heavy atom. The summed E-state index contributed by atoms with van der Waals surface area (Å²) in [4.78, 5) is 0. The fraction of sp³-hybridized carbons (Fsp3) is 0.625. The smallest absolute Gasteiger partial charge is 0.122 e. The minimum Gasteiger partial charge on any atom is -0.493 e. The summed E-state index contributed by atoms with van der Waals surface area (Å²) < 4.78 is 10.7. The second-order valence-corrected chi connectivity index (χ2v) is 5.59. The van der Waals surface area contributed by atoms with Gasteiger partial charge < -0.3 is 20.3 Å². The van der Waals surface area contributed by atoms with Crippen LogP contribution in [0, 0.1) is 0 Å². The number of fused-ring (bicyclic) bond motifs is 1. The highest BCUT2D eigenvalue weighted by atomic mass is 16.5. The molecule has 1 aromatic carbocycles. The monoisotopic (exact) mass is 279 g/mol. The highest BCUT2D eigenvalue weighted by molar-refractivity contribution is 5.39. The Hall–Kier alpha value is -1.10. The van der Waals surface area contributed by atoms with Gasteiger partial charge >= 0.3 is 0 Å². The van der Waals surface area contributed by atoms with Gasteiger partial charge in [-0.25, -0.2) is 0 Å². The van der Waals surface area contributed by atoms with E-state index in [2.05, 4.69) is 12.1 Å². The molecule has 4 heteroatoms. The molecule has 3 N–H and O–H groups in total. The van der Waals surface area contributed by atoms with Gasteiger partial charge in [0.1, 0.15) is 5.75 Å². The van der Waals surface area contributed by atoms with Crippen molar-refractivity contribution < 1.29 is 14.6 Å². The van der Waals surface area contributed by atoms with Crippen LogP contribution in [0.25, 0.3) is 0 Å². The van der Waals surface area contributed by atoms with Gasteiger partial charge in [-0.05, 0) is 49.4 Å². The maximum atomic E-state index is 10.6. The molecule has 0 aromatic heterocycles. The molecule has 0 aliphatic carbocycles. The molecule has 1 atom stereocenters. The first-order valence-electron chi connectivity index (χ1n) is 7.33. The molecular weight excluding hydrogens is 254 g/mol. The average molecular weight is 279 g/mol. The third-order valence-electron chi connectivity index (χ3n) is 3.89. The van der Waals surface area contributed by atoms with Crippen LogP contribution in [0.2, 0.25) is 0 Å². The lowest BCUT2D eigenvalue weighted by atomic mass is 9.90. The summed E-state index contributed by atoms with van der Waals surface area (Å²) in [7, 11) is 1.63. The van der Waals surface area contributed by atoms with E-state index < -0.39 is 5.60 Å². The molecule has 0 radical (unpaired) electrons. The molecular formula is C16H25NO3. The number of hydrogen-bond donors (Lipinski definition) is 2. The summed E-state index contributed by atoms with van der Waals surface area (Å²) in [6.45, 7) is 1.74. The molecule has 0 bridgehead atoms. The Bertz CT molecular complexity index is 436. The second-order valence-electron chi connectivity index (χ2n) is 5.59. The Morgan fingerprint density at radius 1 is 1.40 bits per heavy atom. The normalized spacial score (nSPS) is 16.6. The van der Waals surface area contributed by atoms with E-state index in [1.165, 1.54) is 11.1 Å². The first kappa shape index (κ1) is 15.3. The molecule has 1 heterocycles. The Kier molecular flexibility index (Phi) is 5.40. The van der Waals surface area contributed by atoms with E-state index in [-0.39, 0.29) is 0 Å². The van der Waals surface area contributed by atoms with Crippen LogP contribution in [0.1, 0.15) is 30.4 Å². The molecule has 1 aliphatic rings. The van der Waals surface area contributed by atoms with Crippen LogP contribution >= 0.6 is 0 Å². The Labute approximate surface area is 120 Å². The van der Waals surface area contributed by atoms with Gasteiger partial charge in [0.25, 0.3) is 0 Å². The van der Waals surface area contributed by atoms with Crippen molar-refractivity contribution in [3.8, 4) is 5.75 Å². The quantitative estimate of drug-likeness (QED) is 0.760. The van der Waals surface area contributed by atoms with Crippen molar-refractivity contribution in [3.05, 3.63) is 29.3 Å². The number of nitrogens with two attached hydrogens (primary N) is 1. The zero-order valence-electron chi connectivity index (χ0n) is 12.2. The van der Waals surface area contributed by atoms with E-state index in [0.29, 0.717) is 26.0 Å². The lowest BCUT2D eigenvalue weighted by Crippen LogP contribution is -2.35. The van der Waals surface area contributed by atoms with Crippen molar-refractivity contribution in [2.45, 2.75) is 37.7 Å². The second kappa shape index (κ2) is 7.07. The number of aliphatic hydroxyl groups is 1. The molecule has 0 saturated heterocycles. The minimum atomic E-state index is -0.774. The fourth-order valence-electron chi connectivity index (χ4n) is 2.74. The molecule has 0 saturated carbocycles. The van der Waals surface area contributed by atoms with Crippen molar-refractivity contribution in [1.29, 1.82) is 0 Å². The van der Waals surface area contributed by atoms with Crippen LogP contribution in [-0.4, -0.2) is 37.6 Å². The van der Waals surface area contributed by atoms with Gasteiger partial charge in [0.05, 0.1) is 18.8 Å². The van der Waals surface area contributed by atoms with Crippen molar-refractivity contribution in [2.24, 2.45) is 5.73 Å². The highest BCUT2D eigenvalue weighted by Crippen LogP contribution is 2.27. The van der Waals surface area contributed by atoms with Crippen molar-refractivity contribution in [2.75, 3.05) is 26.9 Å². The van der Waals surface area contributed by atoms with E-state index in [0.717, 1.165) is 31.6 Å². The molecule has 0 amide bonds. The maximum absolute atomic E-state index is 10.6. The number of methoxy groups -OCH3 is 1. The Morgan fingerprint density at radius 3 is 3.00 bits per heavy atom. The summed E-state index contributed by atoms with van der Waals surface area (Å²) in [5.41, 5.74) is 7.28. The van der Waals surface area contributed by atoms with Crippen LogP contribution in [0.5, 0.6) is 5.75 Å².